The lowest BCUT2D eigenvalue weighted by Crippen LogP contribution is -2.57. The van der Waals surface area contributed by atoms with Crippen LogP contribution in [0.1, 0.15) is 63.8 Å². The molecule has 0 radical (unpaired) electrons. The molecule has 1 amide bonds. The number of piperazine rings is 1. The average molecular weight is 419 g/mol. The lowest BCUT2D eigenvalue weighted by molar-refractivity contribution is -0.135. The van der Waals surface area contributed by atoms with Gasteiger partial charge in [0, 0.05) is 58.3 Å². The van der Waals surface area contributed by atoms with Crippen LogP contribution in [0.15, 0.2) is 15.6 Å². The Morgan fingerprint density at radius 1 is 1.13 bits per heavy atom. The van der Waals surface area contributed by atoms with Gasteiger partial charge in [0.1, 0.15) is 0 Å². The summed E-state index contributed by atoms with van der Waals surface area (Å²) in [5.74, 6) is 2.44. The molecule has 0 saturated carbocycles. The van der Waals surface area contributed by atoms with Crippen LogP contribution in [-0.4, -0.2) is 84.1 Å². The molecule has 8 heteroatoms. The number of aromatic nitrogens is 1. The molecule has 8 nitrogen and oxygen atoms in total. The monoisotopic (exact) mass is 418 g/mol. The SMILES string of the molecule is CCC(CC)c1cc(CNC(=NC)N2CCN(C(C)C(=O)N3CCCC3)CC2)on1. The van der Waals surface area contributed by atoms with Crippen LogP contribution in [0.25, 0.3) is 0 Å². The third-order valence-corrected chi connectivity index (χ3v) is 6.55. The number of nitrogens with zero attached hydrogens (tertiary/aromatic N) is 5. The standard InChI is InChI=1S/C22H38N6O2/c1-5-18(6-2)20-15-19(30-25-20)16-24-22(23-4)28-13-11-26(12-14-28)17(3)21(29)27-9-7-8-10-27/h15,17-18H,5-14,16H2,1-4H3,(H,23,24). The summed E-state index contributed by atoms with van der Waals surface area (Å²) in [6, 6.07) is 2.01. The fourth-order valence-electron chi connectivity index (χ4n) is 4.49. The van der Waals surface area contributed by atoms with E-state index >= 15 is 0 Å². The Labute approximate surface area is 180 Å². The van der Waals surface area contributed by atoms with Crippen LogP contribution in [0.5, 0.6) is 0 Å². The van der Waals surface area contributed by atoms with Crippen molar-refractivity contribution in [1.82, 2.24) is 25.2 Å². The minimum atomic E-state index is -0.0436. The maximum atomic E-state index is 12.7. The molecule has 0 aromatic carbocycles. The first-order valence-corrected chi connectivity index (χ1v) is 11.5. The predicted molar refractivity (Wildman–Crippen MR) is 118 cm³/mol. The zero-order valence-corrected chi connectivity index (χ0v) is 19.1. The lowest BCUT2D eigenvalue weighted by Gasteiger charge is -2.39. The highest BCUT2D eigenvalue weighted by atomic mass is 16.5. The molecule has 3 heterocycles. The fourth-order valence-corrected chi connectivity index (χ4v) is 4.49. The molecular formula is C22H38N6O2. The Bertz CT molecular complexity index is 700. The number of hydrogen-bond acceptors (Lipinski definition) is 5. The van der Waals surface area contributed by atoms with Gasteiger partial charge in [0.15, 0.2) is 11.7 Å². The normalized spacial score (nSPS) is 19.6. The molecule has 0 bridgehead atoms. The topological polar surface area (TPSA) is 77.2 Å². The molecule has 0 spiro atoms. The van der Waals surface area contributed by atoms with Crippen molar-refractivity contribution in [3.63, 3.8) is 0 Å². The highest BCUT2D eigenvalue weighted by Gasteiger charge is 2.30. The van der Waals surface area contributed by atoms with E-state index in [1.807, 2.05) is 18.9 Å². The van der Waals surface area contributed by atoms with Gasteiger partial charge < -0.3 is 19.6 Å². The number of carbonyl (C=O) groups is 1. The smallest absolute Gasteiger partial charge is 0.239 e. The van der Waals surface area contributed by atoms with E-state index in [0.29, 0.717) is 12.5 Å². The van der Waals surface area contributed by atoms with Crippen LogP contribution in [0.4, 0.5) is 0 Å². The third-order valence-electron chi connectivity index (χ3n) is 6.55. The maximum Gasteiger partial charge on any atom is 0.239 e. The van der Waals surface area contributed by atoms with E-state index in [-0.39, 0.29) is 11.9 Å². The summed E-state index contributed by atoms with van der Waals surface area (Å²) < 4.78 is 5.52. The molecule has 1 aromatic heterocycles. The van der Waals surface area contributed by atoms with Crippen molar-refractivity contribution in [1.29, 1.82) is 0 Å². The second-order valence-electron chi connectivity index (χ2n) is 8.36. The highest BCUT2D eigenvalue weighted by molar-refractivity contribution is 5.82. The summed E-state index contributed by atoms with van der Waals surface area (Å²) in [6.07, 6.45) is 4.41. The number of guanidine groups is 1. The van der Waals surface area contributed by atoms with Crippen LogP contribution in [0.2, 0.25) is 0 Å². The second-order valence-corrected chi connectivity index (χ2v) is 8.36. The van der Waals surface area contributed by atoms with Crippen molar-refractivity contribution in [2.75, 3.05) is 46.3 Å². The van der Waals surface area contributed by atoms with Crippen molar-refractivity contribution in [2.24, 2.45) is 4.99 Å². The van der Waals surface area contributed by atoms with Crippen molar-refractivity contribution >= 4 is 11.9 Å². The van der Waals surface area contributed by atoms with Crippen LogP contribution in [0, 0.1) is 0 Å². The molecule has 1 unspecified atom stereocenters. The van der Waals surface area contributed by atoms with Crippen molar-refractivity contribution in [3.8, 4) is 0 Å². The van der Waals surface area contributed by atoms with Crippen molar-refractivity contribution in [2.45, 2.75) is 65.0 Å². The van der Waals surface area contributed by atoms with E-state index in [2.05, 4.69) is 45.2 Å². The van der Waals surface area contributed by atoms with Gasteiger partial charge in [-0.2, -0.15) is 0 Å². The molecular weight excluding hydrogens is 380 g/mol. The lowest BCUT2D eigenvalue weighted by atomic mass is 9.99. The Morgan fingerprint density at radius 2 is 1.80 bits per heavy atom. The van der Waals surface area contributed by atoms with Gasteiger partial charge in [-0.25, -0.2) is 0 Å². The van der Waals surface area contributed by atoms with Crippen molar-refractivity contribution in [3.05, 3.63) is 17.5 Å². The number of hydrogen-bond donors (Lipinski definition) is 1. The molecule has 2 aliphatic heterocycles. The second kappa shape index (κ2) is 10.8. The average Bonchev–Trinajstić information content (AvgIpc) is 3.47. The molecule has 168 valence electrons. The van der Waals surface area contributed by atoms with Gasteiger partial charge in [0.25, 0.3) is 0 Å². The Morgan fingerprint density at radius 3 is 2.40 bits per heavy atom. The molecule has 1 atom stereocenters. The molecule has 0 aliphatic carbocycles. The molecule has 1 aromatic rings. The Hall–Kier alpha value is -2.09. The van der Waals surface area contributed by atoms with E-state index in [1.54, 1.807) is 0 Å². The van der Waals surface area contributed by atoms with Gasteiger partial charge in [-0.1, -0.05) is 19.0 Å². The van der Waals surface area contributed by atoms with E-state index < -0.39 is 0 Å². The molecule has 2 aliphatic rings. The van der Waals surface area contributed by atoms with E-state index in [0.717, 1.165) is 82.4 Å². The first kappa shape index (κ1) is 22.6. The summed E-state index contributed by atoms with van der Waals surface area (Å²) >= 11 is 0. The minimum absolute atomic E-state index is 0.0436. The van der Waals surface area contributed by atoms with Crippen LogP contribution < -0.4 is 5.32 Å². The molecule has 2 saturated heterocycles. The van der Waals surface area contributed by atoms with E-state index in [9.17, 15) is 4.79 Å². The summed E-state index contributed by atoms with van der Waals surface area (Å²) in [6.45, 7) is 12.3. The van der Waals surface area contributed by atoms with Crippen molar-refractivity contribution < 1.29 is 9.32 Å². The van der Waals surface area contributed by atoms with Crippen LogP contribution in [0.3, 0.4) is 0 Å². The number of likely N-dealkylation sites (tertiary alicyclic amines) is 1. The van der Waals surface area contributed by atoms with Gasteiger partial charge in [0.2, 0.25) is 5.91 Å². The van der Waals surface area contributed by atoms with E-state index in [4.69, 9.17) is 4.52 Å². The van der Waals surface area contributed by atoms with Gasteiger partial charge in [0.05, 0.1) is 18.3 Å². The number of rotatable bonds is 7. The fraction of sp³-hybridized carbons (Fsp3) is 0.773. The summed E-state index contributed by atoms with van der Waals surface area (Å²) in [5.41, 5.74) is 1.04. The minimum Gasteiger partial charge on any atom is -0.359 e. The molecule has 2 fully saturated rings. The van der Waals surface area contributed by atoms with Gasteiger partial charge in [-0.05, 0) is 32.6 Å². The largest absolute Gasteiger partial charge is 0.359 e. The number of amides is 1. The summed E-state index contributed by atoms with van der Waals surface area (Å²) in [5, 5.41) is 7.65. The van der Waals surface area contributed by atoms with Gasteiger partial charge in [-0.3, -0.25) is 14.7 Å². The highest BCUT2D eigenvalue weighted by Crippen LogP contribution is 2.22. The first-order valence-electron chi connectivity index (χ1n) is 11.5. The number of aliphatic imine (C=N–C) groups is 1. The zero-order chi connectivity index (χ0) is 21.5. The van der Waals surface area contributed by atoms with Crippen LogP contribution >= 0.6 is 0 Å². The summed E-state index contributed by atoms with van der Waals surface area (Å²) in [7, 11) is 1.81. The molecule has 30 heavy (non-hydrogen) atoms. The molecule has 3 rings (SSSR count). The summed E-state index contributed by atoms with van der Waals surface area (Å²) in [4.78, 5) is 23.7. The quantitative estimate of drug-likeness (QED) is 0.541. The Balaban J connectivity index is 1.47. The maximum absolute atomic E-state index is 12.7. The number of nitrogens with one attached hydrogen (secondary N) is 1. The van der Waals surface area contributed by atoms with Crippen LogP contribution in [-0.2, 0) is 11.3 Å². The molecule has 1 N–H and O–H groups in total. The van der Waals surface area contributed by atoms with Gasteiger partial charge in [-0.15, -0.1) is 0 Å². The Kier molecular flexibility index (Phi) is 8.13. The van der Waals surface area contributed by atoms with E-state index in [1.165, 1.54) is 0 Å². The zero-order valence-electron chi connectivity index (χ0n) is 19.1. The predicted octanol–water partition coefficient (Wildman–Crippen LogP) is 2.28. The number of carbonyl (C=O) groups excluding carboxylic acids is 1. The first-order chi connectivity index (χ1) is 14.6. The third kappa shape index (κ3) is 5.33. The van der Waals surface area contributed by atoms with Gasteiger partial charge >= 0.3 is 0 Å².